The molecule has 1 aliphatic rings. The van der Waals surface area contributed by atoms with Crippen LogP contribution in [0.4, 0.5) is 4.79 Å². The topological polar surface area (TPSA) is 90.4 Å². The van der Waals surface area contributed by atoms with Crippen molar-refractivity contribution in [2.24, 2.45) is 0 Å². The van der Waals surface area contributed by atoms with Gasteiger partial charge in [-0.2, -0.15) is 0 Å². The lowest BCUT2D eigenvalue weighted by Gasteiger charge is -2.17. The Labute approximate surface area is 138 Å². The first-order valence-electron chi connectivity index (χ1n) is 7.53. The molecule has 0 radical (unpaired) electrons. The van der Waals surface area contributed by atoms with Gasteiger partial charge in [-0.25, -0.2) is 4.79 Å². The number of urea groups is 1. The van der Waals surface area contributed by atoms with Crippen LogP contribution < -0.4 is 10.6 Å². The number of benzene rings is 1. The molecule has 2 heterocycles. The highest BCUT2D eigenvalue weighted by Gasteiger charge is 2.27. The Morgan fingerprint density at radius 2 is 2.30 bits per heavy atom. The Balaban J connectivity index is 1.64. The number of hydrogen-bond donors (Lipinski definition) is 3. The molecule has 1 aliphatic heterocycles. The van der Waals surface area contributed by atoms with Crippen LogP contribution in [-0.4, -0.2) is 47.5 Å². The van der Waals surface area contributed by atoms with E-state index in [4.69, 9.17) is 16.6 Å². The Kier molecular flexibility index (Phi) is 4.33. The minimum absolute atomic E-state index is 0.0431. The predicted molar refractivity (Wildman–Crippen MR) is 87.9 cm³/mol. The first-order valence-corrected chi connectivity index (χ1v) is 7.94. The van der Waals surface area contributed by atoms with Crippen molar-refractivity contribution in [2.45, 2.75) is 19.4 Å². The number of oxazole rings is 1. The number of carbonyl (C=O) groups excluding carboxylic acids is 2. The molecule has 3 N–H and O–H groups in total. The highest BCUT2D eigenvalue weighted by molar-refractivity contribution is 7.71. The van der Waals surface area contributed by atoms with Gasteiger partial charge in [0.2, 0.25) is 0 Å². The number of carbonyl (C=O) groups is 2. The molecular weight excluding hydrogens is 316 g/mol. The fraction of sp³-hybridized carbons (Fsp3) is 0.400. The third-order valence-corrected chi connectivity index (χ3v) is 4.01. The van der Waals surface area contributed by atoms with Gasteiger partial charge in [0.15, 0.2) is 5.58 Å². The number of likely N-dealkylation sites (tertiary alicyclic amines) is 1. The lowest BCUT2D eigenvalue weighted by Crippen LogP contribution is -2.42. The normalized spacial score (nSPS) is 17.4. The lowest BCUT2D eigenvalue weighted by molar-refractivity contribution is 0.0938. The van der Waals surface area contributed by atoms with E-state index in [1.165, 1.54) is 0 Å². The molecule has 1 aromatic carbocycles. The number of hydrogen-bond acceptors (Lipinski definition) is 4. The van der Waals surface area contributed by atoms with Crippen LogP contribution in [0, 0.1) is 4.84 Å². The van der Waals surface area contributed by atoms with Gasteiger partial charge in [0.25, 0.3) is 10.7 Å². The molecule has 122 valence electrons. The van der Waals surface area contributed by atoms with Gasteiger partial charge in [0.1, 0.15) is 0 Å². The van der Waals surface area contributed by atoms with Crippen LogP contribution in [0.25, 0.3) is 11.1 Å². The standard InChI is InChI=1S/C15H18N4O3S/c1-2-16-14(21)19-6-5-10(8-19)17-13(20)9-3-4-11-12(7-9)22-15(23)18-11/h3-4,7,10H,2,5-6,8H2,1H3,(H,16,21)(H,17,20)(H,18,23)/t10-/m1/s1. The summed E-state index contributed by atoms with van der Waals surface area (Å²) in [5.74, 6) is -0.183. The summed E-state index contributed by atoms with van der Waals surface area (Å²) in [7, 11) is 0. The predicted octanol–water partition coefficient (Wildman–Crippen LogP) is 2.02. The molecule has 0 bridgehead atoms. The lowest BCUT2D eigenvalue weighted by atomic mass is 10.1. The molecule has 1 aromatic heterocycles. The zero-order valence-corrected chi connectivity index (χ0v) is 13.5. The van der Waals surface area contributed by atoms with Crippen molar-refractivity contribution in [3.05, 3.63) is 28.6 Å². The molecule has 0 unspecified atom stereocenters. The van der Waals surface area contributed by atoms with Gasteiger partial charge in [0.05, 0.1) is 5.52 Å². The van der Waals surface area contributed by atoms with E-state index in [1.807, 2.05) is 6.92 Å². The second-order valence-corrected chi connectivity index (χ2v) is 5.84. The van der Waals surface area contributed by atoms with E-state index in [-0.39, 0.29) is 22.8 Å². The minimum Gasteiger partial charge on any atom is -0.429 e. The maximum absolute atomic E-state index is 12.3. The maximum Gasteiger partial charge on any atom is 0.317 e. The highest BCUT2D eigenvalue weighted by atomic mass is 32.1. The van der Waals surface area contributed by atoms with Gasteiger partial charge >= 0.3 is 6.03 Å². The summed E-state index contributed by atoms with van der Waals surface area (Å²) in [4.78, 5) is 29.0. The van der Waals surface area contributed by atoms with Crippen molar-refractivity contribution in [3.8, 4) is 0 Å². The number of amides is 3. The molecule has 0 aliphatic carbocycles. The molecule has 8 heteroatoms. The van der Waals surface area contributed by atoms with Crippen molar-refractivity contribution in [2.75, 3.05) is 19.6 Å². The minimum atomic E-state index is -0.183. The Morgan fingerprint density at radius 1 is 1.48 bits per heavy atom. The van der Waals surface area contributed by atoms with Crippen molar-refractivity contribution in [3.63, 3.8) is 0 Å². The molecule has 7 nitrogen and oxygen atoms in total. The molecule has 2 aromatic rings. The van der Waals surface area contributed by atoms with E-state index >= 15 is 0 Å². The van der Waals surface area contributed by atoms with Crippen LogP contribution in [-0.2, 0) is 0 Å². The van der Waals surface area contributed by atoms with Crippen LogP contribution in [0.5, 0.6) is 0 Å². The number of rotatable bonds is 3. The molecule has 1 atom stereocenters. The van der Waals surface area contributed by atoms with Crippen molar-refractivity contribution < 1.29 is 14.0 Å². The zero-order chi connectivity index (χ0) is 16.4. The second-order valence-electron chi connectivity index (χ2n) is 5.47. The summed E-state index contributed by atoms with van der Waals surface area (Å²) < 4.78 is 5.32. The van der Waals surface area contributed by atoms with E-state index in [0.29, 0.717) is 30.8 Å². The quantitative estimate of drug-likeness (QED) is 0.749. The number of H-pyrrole nitrogens is 1. The smallest absolute Gasteiger partial charge is 0.317 e. The summed E-state index contributed by atoms with van der Waals surface area (Å²) in [6.45, 7) is 3.63. The summed E-state index contributed by atoms with van der Waals surface area (Å²) in [5.41, 5.74) is 1.82. The van der Waals surface area contributed by atoms with Crippen molar-refractivity contribution >= 4 is 35.3 Å². The van der Waals surface area contributed by atoms with E-state index < -0.39 is 0 Å². The molecular formula is C15H18N4O3S. The largest absolute Gasteiger partial charge is 0.429 e. The Morgan fingerprint density at radius 3 is 3.09 bits per heavy atom. The number of nitrogens with zero attached hydrogens (tertiary/aromatic N) is 1. The maximum atomic E-state index is 12.3. The fourth-order valence-electron chi connectivity index (χ4n) is 2.68. The van der Waals surface area contributed by atoms with E-state index in [9.17, 15) is 9.59 Å². The average Bonchev–Trinajstić information content (AvgIpc) is 3.12. The average molecular weight is 334 g/mol. The van der Waals surface area contributed by atoms with Gasteiger partial charge in [-0.15, -0.1) is 0 Å². The number of aromatic nitrogens is 1. The van der Waals surface area contributed by atoms with Gasteiger partial charge in [-0.3, -0.25) is 4.79 Å². The van der Waals surface area contributed by atoms with E-state index in [0.717, 1.165) is 11.9 Å². The summed E-state index contributed by atoms with van der Waals surface area (Å²) in [6.07, 6.45) is 0.746. The first kappa shape index (κ1) is 15.5. The molecule has 1 fully saturated rings. The van der Waals surface area contributed by atoms with Crippen molar-refractivity contribution in [1.29, 1.82) is 0 Å². The molecule has 0 spiro atoms. The number of aromatic amines is 1. The third kappa shape index (κ3) is 3.37. The van der Waals surface area contributed by atoms with Crippen LogP contribution >= 0.6 is 12.2 Å². The summed E-state index contributed by atoms with van der Waals surface area (Å²) in [5, 5.41) is 5.72. The number of nitrogens with one attached hydrogen (secondary N) is 3. The van der Waals surface area contributed by atoms with Gasteiger partial charge in [0, 0.05) is 31.2 Å². The van der Waals surface area contributed by atoms with Crippen molar-refractivity contribution in [1.82, 2.24) is 20.5 Å². The van der Waals surface area contributed by atoms with Crippen LogP contribution in [0.2, 0.25) is 0 Å². The Bertz CT molecular complexity index is 797. The van der Waals surface area contributed by atoms with E-state index in [1.54, 1.807) is 23.1 Å². The van der Waals surface area contributed by atoms with Crippen LogP contribution in [0.1, 0.15) is 23.7 Å². The van der Waals surface area contributed by atoms with E-state index in [2.05, 4.69) is 15.6 Å². The van der Waals surface area contributed by atoms with Crippen LogP contribution in [0.15, 0.2) is 22.6 Å². The molecule has 3 amide bonds. The molecule has 3 rings (SSSR count). The van der Waals surface area contributed by atoms with Gasteiger partial charge in [-0.1, -0.05) is 0 Å². The van der Waals surface area contributed by atoms with Crippen LogP contribution in [0.3, 0.4) is 0 Å². The Hall–Kier alpha value is -2.35. The second kappa shape index (κ2) is 6.41. The highest BCUT2D eigenvalue weighted by Crippen LogP contribution is 2.16. The first-order chi connectivity index (χ1) is 11.1. The summed E-state index contributed by atoms with van der Waals surface area (Å²) in [6, 6.07) is 5.01. The monoisotopic (exact) mass is 334 g/mol. The zero-order valence-electron chi connectivity index (χ0n) is 12.7. The molecule has 0 saturated carbocycles. The molecule has 23 heavy (non-hydrogen) atoms. The SMILES string of the molecule is CCNC(=O)N1CC[C@@H](NC(=O)c2ccc3[nH]c(=S)oc3c2)C1. The number of fused-ring (bicyclic) bond motifs is 1. The van der Waals surface area contributed by atoms with Gasteiger partial charge < -0.3 is 24.9 Å². The third-order valence-electron chi connectivity index (χ3n) is 3.82. The van der Waals surface area contributed by atoms with Gasteiger partial charge in [-0.05, 0) is 43.8 Å². The molecule has 1 saturated heterocycles. The summed E-state index contributed by atoms with van der Waals surface area (Å²) >= 11 is 4.93. The fourth-order valence-corrected chi connectivity index (χ4v) is 2.88.